The third kappa shape index (κ3) is 4.84. The summed E-state index contributed by atoms with van der Waals surface area (Å²) in [5.74, 6) is -0.500. The molecule has 0 saturated carbocycles. The maximum atomic E-state index is 11.6. The number of hydrogen-bond donors (Lipinski definition) is 3. The molecule has 1 unspecified atom stereocenters. The summed E-state index contributed by atoms with van der Waals surface area (Å²) in [6, 6.07) is -1.56. The first-order valence-corrected chi connectivity index (χ1v) is 6.21. The van der Waals surface area contributed by atoms with Crippen molar-refractivity contribution in [2.24, 2.45) is 0 Å². The van der Waals surface area contributed by atoms with E-state index in [4.69, 9.17) is 9.84 Å². The van der Waals surface area contributed by atoms with Crippen molar-refractivity contribution in [3.05, 3.63) is 12.2 Å². The van der Waals surface area contributed by atoms with Gasteiger partial charge in [0.25, 0.3) is 0 Å². The Kier molecular flexibility index (Phi) is 6.44. The SMILES string of the molecule is CCn1cnnc1CNC(=O)NC(CCOC)C(=O)O. The Balaban J connectivity index is 2.43. The van der Waals surface area contributed by atoms with Crippen LogP contribution in [0.4, 0.5) is 4.79 Å². The summed E-state index contributed by atoms with van der Waals surface area (Å²) in [7, 11) is 1.47. The van der Waals surface area contributed by atoms with Crippen LogP contribution in [-0.2, 0) is 22.6 Å². The molecule has 0 fully saturated rings. The van der Waals surface area contributed by atoms with Crippen molar-refractivity contribution in [3.8, 4) is 0 Å². The fourth-order valence-corrected chi connectivity index (χ4v) is 1.54. The number of carbonyl (C=O) groups is 2. The first-order chi connectivity index (χ1) is 9.58. The number of carboxylic acid groups (broad SMARTS) is 1. The van der Waals surface area contributed by atoms with Crippen LogP contribution in [0.5, 0.6) is 0 Å². The minimum Gasteiger partial charge on any atom is -0.480 e. The van der Waals surface area contributed by atoms with Crippen molar-refractivity contribution in [3.63, 3.8) is 0 Å². The molecule has 1 atom stereocenters. The van der Waals surface area contributed by atoms with Crippen LogP contribution in [0.15, 0.2) is 6.33 Å². The Bertz CT molecular complexity index is 448. The molecule has 1 aromatic heterocycles. The zero-order valence-electron chi connectivity index (χ0n) is 11.5. The molecule has 9 heteroatoms. The number of hydrogen-bond acceptors (Lipinski definition) is 5. The van der Waals surface area contributed by atoms with Crippen LogP contribution in [0.25, 0.3) is 0 Å². The average molecular weight is 285 g/mol. The van der Waals surface area contributed by atoms with E-state index < -0.39 is 18.0 Å². The van der Waals surface area contributed by atoms with Gasteiger partial charge in [-0.25, -0.2) is 9.59 Å². The Morgan fingerprint density at radius 3 is 2.90 bits per heavy atom. The highest BCUT2D eigenvalue weighted by atomic mass is 16.5. The largest absolute Gasteiger partial charge is 0.480 e. The van der Waals surface area contributed by atoms with E-state index in [0.29, 0.717) is 12.4 Å². The van der Waals surface area contributed by atoms with Gasteiger partial charge in [0.05, 0.1) is 6.54 Å². The number of methoxy groups -OCH3 is 1. The molecule has 20 heavy (non-hydrogen) atoms. The van der Waals surface area contributed by atoms with Crippen molar-refractivity contribution in [1.82, 2.24) is 25.4 Å². The number of aryl methyl sites for hydroxylation is 1. The summed E-state index contributed by atoms with van der Waals surface area (Å²) >= 11 is 0. The summed E-state index contributed by atoms with van der Waals surface area (Å²) in [5.41, 5.74) is 0. The number of nitrogens with one attached hydrogen (secondary N) is 2. The van der Waals surface area contributed by atoms with Crippen molar-refractivity contribution >= 4 is 12.0 Å². The molecule has 1 aromatic rings. The summed E-state index contributed by atoms with van der Waals surface area (Å²) in [6.45, 7) is 3.05. The van der Waals surface area contributed by atoms with Crippen LogP contribution >= 0.6 is 0 Å². The van der Waals surface area contributed by atoms with Crippen LogP contribution < -0.4 is 10.6 Å². The molecule has 0 aliphatic heterocycles. The second-order valence-electron chi connectivity index (χ2n) is 4.03. The third-order valence-corrected chi connectivity index (χ3v) is 2.66. The number of carboxylic acids is 1. The lowest BCUT2D eigenvalue weighted by Gasteiger charge is -2.14. The van der Waals surface area contributed by atoms with Crippen molar-refractivity contribution in [1.29, 1.82) is 0 Å². The second kappa shape index (κ2) is 8.10. The van der Waals surface area contributed by atoms with Crippen LogP contribution in [-0.4, -0.2) is 51.6 Å². The Hall–Kier alpha value is -2.16. The number of amides is 2. The maximum Gasteiger partial charge on any atom is 0.326 e. The molecule has 2 amide bonds. The van der Waals surface area contributed by atoms with Gasteiger partial charge in [0.2, 0.25) is 0 Å². The molecule has 9 nitrogen and oxygen atoms in total. The molecule has 1 heterocycles. The molecule has 0 saturated heterocycles. The topological polar surface area (TPSA) is 118 Å². The second-order valence-corrected chi connectivity index (χ2v) is 4.03. The highest BCUT2D eigenvalue weighted by Gasteiger charge is 2.19. The fourth-order valence-electron chi connectivity index (χ4n) is 1.54. The van der Waals surface area contributed by atoms with Crippen molar-refractivity contribution < 1.29 is 19.4 Å². The quantitative estimate of drug-likeness (QED) is 0.597. The van der Waals surface area contributed by atoms with E-state index in [2.05, 4.69) is 20.8 Å². The molecular weight excluding hydrogens is 266 g/mol. The van der Waals surface area contributed by atoms with E-state index in [0.717, 1.165) is 0 Å². The highest BCUT2D eigenvalue weighted by Crippen LogP contribution is 1.95. The van der Waals surface area contributed by atoms with Gasteiger partial charge in [-0.05, 0) is 6.92 Å². The zero-order valence-corrected chi connectivity index (χ0v) is 11.5. The standard InChI is InChI=1S/C11H19N5O4/c1-3-16-7-13-15-9(16)6-12-11(19)14-8(10(17)18)4-5-20-2/h7-8H,3-6H2,1-2H3,(H,17,18)(H2,12,14,19). The smallest absolute Gasteiger partial charge is 0.326 e. The first-order valence-electron chi connectivity index (χ1n) is 6.21. The predicted molar refractivity (Wildman–Crippen MR) is 69.0 cm³/mol. The molecule has 1 rings (SSSR count). The minimum atomic E-state index is -1.10. The van der Waals surface area contributed by atoms with E-state index in [1.54, 1.807) is 10.9 Å². The van der Waals surface area contributed by atoms with Gasteiger partial charge in [-0.1, -0.05) is 0 Å². The van der Waals surface area contributed by atoms with E-state index in [1.807, 2.05) is 6.92 Å². The summed E-state index contributed by atoms with van der Waals surface area (Å²) in [4.78, 5) is 22.6. The van der Waals surface area contributed by atoms with Crippen molar-refractivity contribution in [2.45, 2.75) is 32.5 Å². The number of nitrogens with zero attached hydrogens (tertiary/aromatic N) is 3. The van der Waals surface area contributed by atoms with E-state index >= 15 is 0 Å². The van der Waals surface area contributed by atoms with E-state index in [-0.39, 0.29) is 19.6 Å². The molecule has 0 radical (unpaired) electrons. The normalized spacial score (nSPS) is 11.9. The van der Waals surface area contributed by atoms with Gasteiger partial charge in [0.1, 0.15) is 12.4 Å². The summed E-state index contributed by atoms with van der Waals surface area (Å²) < 4.78 is 6.57. The fraction of sp³-hybridized carbons (Fsp3) is 0.636. The minimum absolute atomic E-state index is 0.177. The molecule has 0 bridgehead atoms. The zero-order chi connectivity index (χ0) is 15.0. The number of ether oxygens (including phenoxy) is 1. The van der Waals surface area contributed by atoms with Gasteiger partial charge in [0, 0.05) is 26.7 Å². The number of carbonyl (C=O) groups excluding carboxylic acids is 1. The van der Waals surface area contributed by atoms with Crippen LogP contribution in [0.3, 0.4) is 0 Å². The van der Waals surface area contributed by atoms with E-state index in [1.165, 1.54) is 7.11 Å². The monoisotopic (exact) mass is 285 g/mol. The summed E-state index contributed by atoms with van der Waals surface area (Å²) in [6.07, 6.45) is 1.76. The molecule has 0 aromatic carbocycles. The van der Waals surface area contributed by atoms with Gasteiger partial charge in [-0.3, -0.25) is 0 Å². The van der Waals surface area contributed by atoms with Crippen LogP contribution in [0.1, 0.15) is 19.2 Å². The molecule has 0 spiro atoms. The third-order valence-electron chi connectivity index (χ3n) is 2.66. The molecule has 112 valence electrons. The maximum absolute atomic E-state index is 11.6. The van der Waals surface area contributed by atoms with Crippen molar-refractivity contribution in [2.75, 3.05) is 13.7 Å². The van der Waals surface area contributed by atoms with Gasteiger partial charge in [-0.15, -0.1) is 10.2 Å². The predicted octanol–water partition coefficient (Wildman–Crippen LogP) is -0.413. The Labute approximate surface area is 116 Å². The lowest BCUT2D eigenvalue weighted by atomic mass is 10.2. The highest BCUT2D eigenvalue weighted by molar-refractivity contribution is 5.82. The average Bonchev–Trinajstić information content (AvgIpc) is 2.88. The van der Waals surface area contributed by atoms with Gasteiger partial charge >= 0.3 is 12.0 Å². The van der Waals surface area contributed by atoms with Crippen LogP contribution in [0.2, 0.25) is 0 Å². The Morgan fingerprint density at radius 2 is 2.30 bits per heavy atom. The van der Waals surface area contributed by atoms with Gasteiger partial charge in [-0.2, -0.15) is 0 Å². The molecular formula is C11H19N5O4. The molecule has 0 aliphatic rings. The lowest BCUT2D eigenvalue weighted by Crippen LogP contribution is -2.46. The van der Waals surface area contributed by atoms with Gasteiger partial charge in [0.15, 0.2) is 5.82 Å². The summed E-state index contributed by atoms with van der Waals surface area (Å²) in [5, 5.41) is 21.5. The van der Waals surface area contributed by atoms with Crippen LogP contribution in [0, 0.1) is 0 Å². The number of aromatic nitrogens is 3. The lowest BCUT2D eigenvalue weighted by molar-refractivity contribution is -0.139. The first kappa shape index (κ1) is 15.9. The molecule has 0 aliphatic carbocycles. The Morgan fingerprint density at radius 1 is 1.55 bits per heavy atom. The number of aliphatic carboxylic acids is 1. The van der Waals surface area contributed by atoms with E-state index in [9.17, 15) is 9.59 Å². The van der Waals surface area contributed by atoms with Gasteiger partial charge < -0.3 is 25.0 Å². The number of rotatable bonds is 8. The number of urea groups is 1. The molecule has 3 N–H and O–H groups in total.